The molecular weight excluding hydrogens is 172 g/mol. The third-order valence-corrected chi connectivity index (χ3v) is 2.27. The van der Waals surface area contributed by atoms with Crippen molar-refractivity contribution < 1.29 is 4.74 Å². The van der Waals surface area contributed by atoms with Crippen LogP contribution in [0.1, 0.15) is 0 Å². The Hall–Kier alpha value is -0.900. The molecule has 1 N–H and O–H groups in total. The summed E-state index contributed by atoms with van der Waals surface area (Å²) < 4.78 is 5.05. The number of anilines is 1. The van der Waals surface area contributed by atoms with E-state index in [0.29, 0.717) is 0 Å². The summed E-state index contributed by atoms with van der Waals surface area (Å²) >= 11 is 1.64. The summed E-state index contributed by atoms with van der Waals surface area (Å²) in [6.07, 6.45) is 3.71. The van der Waals surface area contributed by atoms with Crippen LogP contribution in [-0.4, -0.2) is 25.4 Å². The van der Waals surface area contributed by atoms with Crippen LogP contribution in [0.15, 0.2) is 17.2 Å². The van der Waals surface area contributed by atoms with E-state index in [4.69, 9.17) is 4.74 Å². The molecule has 12 heavy (non-hydrogen) atoms. The van der Waals surface area contributed by atoms with Crippen molar-refractivity contribution in [3.63, 3.8) is 0 Å². The quantitative estimate of drug-likeness (QED) is 0.727. The molecule has 0 aliphatic heterocycles. The van der Waals surface area contributed by atoms with Crippen LogP contribution in [0.25, 0.3) is 0 Å². The third-order valence-electron chi connectivity index (χ3n) is 1.52. The van der Waals surface area contributed by atoms with Gasteiger partial charge in [-0.3, -0.25) is 0 Å². The van der Waals surface area contributed by atoms with Gasteiger partial charge in [0.2, 0.25) is 0 Å². The lowest BCUT2D eigenvalue weighted by atomic mass is 10.4. The van der Waals surface area contributed by atoms with E-state index in [1.54, 1.807) is 25.1 Å². The number of rotatable bonds is 3. The van der Waals surface area contributed by atoms with Gasteiger partial charge in [0, 0.05) is 7.05 Å². The molecule has 0 aliphatic carbocycles. The van der Waals surface area contributed by atoms with Gasteiger partial charge in [-0.05, 0) is 12.3 Å². The maximum atomic E-state index is 5.05. The van der Waals surface area contributed by atoms with Gasteiger partial charge in [0.1, 0.15) is 11.6 Å². The molecule has 0 bridgehead atoms. The van der Waals surface area contributed by atoms with Gasteiger partial charge in [0.05, 0.1) is 18.2 Å². The third kappa shape index (κ3) is 1.82. The molecule has 0 unspecified atom stereocenters. The van der Waals surface area contributed by atoms with E-state index in [0.717, 1.165) is 16.5 Å². The summed E-state index contributed by atoms with van der Waals surface area (Å²) in [5.41, 5.74) is 0. The van der Waals surface area contributed by atoms with Crippen molar-refractivity contribution >= 4 is 17.6 Å². The zero-order valence-electron chi connectivity index (χ0n) is 7.42. The molecule has 0 amide bonds. The first-order valence-corrected chi connectivity index (χ1v) is 4.80. The van der Waals surface area contributed by atoms with Gasteiger partial charge in [-0.2, -0.15) is 0 Å². The van der Waals surface area contributed by atoms with Crippen LogP contribution in [0.4, 0.5) is 5.82 Å². The second-order valence-corrected chi connectivity index (χ2v) is 3.02. The molecule has 3 nitrogen and oxygen atoms in total. The van der Waals surface area contributed by atoms with Gasteiger partial charge in [-0.25, -0.2) is 4.98 Å². The fraction of sp³-hybridized carbons (Fsp3) is 0.375. The predicted octanol–water partition coefficient (Wildman–Crippen LogP) is 1.85. The van der Waals surface area contributed by atoms with Crippen LogP contribution >= 0.6 is 11.8 Å². The summed E-state index contributed by atoms with van der Waals surface area (Å²) in [6.45, 7) is 0. The van der Waals surface area contributed by atoms with Crippen molar-refractivity contribution in [3.05, 3.63) is 12.3 Å². The van der Waals surface area contributed by atoms with Crippen LogP contribution in [0, 0.1) is 0 Å². The number of hydrogen-bond acceptors (Lipinski definition) is 4. The maximum Gasteiger partial charge on any atom is 0.139 e. The Labute approximate surface area is 76.5 Å². The summed E-state index contributed by atoms with van der Waals surface area (Å²) in [5, 5.41) is 3.01. The molecule has 1 aromatic heterocycles. The number of methoxy groups -OCH3 is 1. The van der Waals surface area contributed by atoms with E-state index in [-0.39, 0.29) is 0 Å². The van der Waals surface area contributed by atoms with E-state index in [9.17, 15) is 0 Å². The summed E-state index contributed by atoms with van der Waals surface area (Å²) in [5.74, 6) is 1.68. The van der Waals surface area contributed by atoms with E-state index in [2.05, 4.69) is 10.3 Å². The Balaban J connectivity index is 3.02. The van der Waals surface area contributed by atoms with Crippen molar-refractivity contribution in [1.82, 2.24) is 4.98 Å². The highest BCUT2D eigenvalue weighted by Gasteiger charge is 2.02. The molecule has 0 saturated heterocycles. The fourth-order valence-corrected chi connectivity index (χ4v) is 1.46. The Bertz CT molecular complexity index is 265. The highest BCUT2D eigenvalue weighted by atomic mass is 32.2. The fourth-order valence-electron chi connectivity index (χ4n) is 0.882. The molecule has 1 aromatic rings. The zero-order chi connectivity index (χ0) is 8.97. The number of nitrogens with one attached hydrogen (secondary N) is 1. The number of nitrogens with zero attached hydrogens (tertiary/aromatic N) is 1. The lowest BCUT2D eigenvalue weighted by Crippen LogP contribution is -1.95. The summed E-state index contributed by atoms with van der Waals surface area (Å²) in [4.78, 5) is 5.28. The molecule has 0 aromatic carbocycles. The van der Waals surface area contributed by atoms with E-state index >= 15 is 0 Å². The second-order valence-electron chi connectivity index (χ2n) is 2.18. The van der Waals surface area contributed by atoms with E-state index in [1.165, 1.54) is 0 Å². The first kappa shape index (κ1) is 9.19. The molecule has 1 rings (SSSR count). The molecule has 0 atom stereocenters. The van der Waals surface area contributed by atoms with Gasteiger partial charge in [-0.1, -0.05) is 0 Å². The van der Waals surface area contributed by atoms with Crippen molar-refractivity contribution in [2.24, 2.45) is 0 Å². The number of ether oxygens (including phenoxy) is 1. The monoisotopic (exact) mass is 184 g/mol. The average molecular weight is 184 g/mol. The lowest BCUT2D eigenvalue weighted by molar-refractivity contribution is 0.412. The Kier molecular flexibility index (Phi) is 3.22. The number of pyridine rings is 1. The minimum absolute atomic E-state index is 0.790. The molecule has 0 radical (unpaired) electrons. The molecule has 0 fully saturated rings. The molecule has 4 heteroatoms. The average Bonchev–Trinajstić information content (AvgIpc) is 2.16. The molecule has 0 saturated carbocycles. The molecular formula is C8H12N2OS. The number of thioether (sulfide) groups is 1. The van der Waals surface area contributed by atoms with Gasteiger partial charge < -0.3 is 10.1 Å². The molecule has 0 aliphatic rings. The van der Waals surface area contributed by atoms with Crippen molar-refractivity contribution in [1.29, 1.82) is 0 Å². The minimum Gasteiger partial charge on any atom is -0.495 e. The maximum absolute atomic E-state index is 5.05. The van der Waals surface area contributed by atoms with Gasteiger partial charge >= 0.3 is 0 Å². The normalized spacial score (nSPS) is 9.58. The lowest BCUT2D eigenvalue weighted by Gasteiger charge is -2.06. The molecule has 1 heterocycles. The summed E-state index contributed by atoms with van der Waals surface area (Å²) in [6, 6.07) is 1.96. The van der Waals surface area contributed by atoms with Crippen LogP contribution in [0.5, 0.6) is 5.75 Å². The van der Waals surface area contributed by atoms with Crippen LogP contribution in [-0.2, 0) is 0 Å². The van der Waals surface area contributed by atoms with Gasteiger partial charge in [-0.15, -0.1) is 11.8 Å². The minimum atomic E-state index is 0.790. The molecule has 0 spiro atoms. The van der Waals surface area contributed by atoms with Gasteiger partial charge in [0.25, 0.3) is 0 Å². The second kappa shape index (κ2) is 4.21. The van der Waals surface area contributed by atoms with Crippen LogP contribution in [0.3, 0.4) is 0 Å². The Morgan fingerprint density at radius 1 is 1.58 bits per heavy atom. The Morgan fingerprint density at radius 3 is 2.83 bits per heavy atom. The first-order chi connectivity index (χ1) is 5.81. The van der Waals surface area contributed by atoms with Crippen molar-refractivity contribution in [2.45, 2.75) is 4.90 Å². The number of aromatic nitrogens is 1. The standard InChI is InChI=1S/C8H12N2OS/c1-9-8-7(12-3)4-6(11-2)5-10-8/h4-5H,1-3H3,(H,9,10). The van der Waals surface area contributed by atoms with Gasteiger partial charge in [0.15, 0.2) is 0 Å². The van der Waals surface area contributed by atoms with E-state index < -0.39 is 0 Å². The number of hydrogen-bond donors (Lipinski definition) is 1. The zero-order valence-corrected chi connectivity index (χ0v) is 8.23. The highest BCUT2D eigenvalue weighted by Crippen LogP contribution is 2.26. The molecule has 66 valence electrons. The SMILES string of the molecule is CNc1ncc(OC)cc1SC. The Morgan fingerprint density at radius 2 is 2.33 bits per heavy atom. The summed E-state index contributed by atoms with van der Waals surface area (Å²) in [7, 11) is 3.49. The van der Waals surface area contributed by atoms with E-state index in [1.807, 2.05) is 19.4 Å². The van der Waals surface area contributed by atoms with Crippen LogP contribution in [0.2, 0.25) is 0 Å². The van der Waals surface area contributed by atoms with Crippen LogP contribution < -0.4 is 10.1 Å². The first-order valence-electron chi connectivity index (χ1n) is 3.57. The topological polar surface area (TPSA) is 34.2 Å². The largest absolute Gasteiger partial charge is 0.495 e. The highest BCUT2D eigenvalue weighted by molar-refractivity contribution is 7.98. The predicted molar refractivity (Wildman–Crippen MR) is 52.1 cm³/mol. The van der Waals surface area contributed by atoms with Crippen molar-refractivity contribution in [3.8, 4) is 5.75 Å². The smallest absolute Gasteiger partial charge is 0.139 e. The van der Waals surface area contributed by atoms with Crippen molar-refractivity contribution in [2.75, 3.05) is 25.7 Å².